The zero-order valence-electron chi connectivity index (χ0n) is 9.06. The van der Waals surface area contributed by atoms with E-state index in [9.17, 15) is 9.90 Å². The summed E-state index contributed by atoms with van der Waals surface area (Å²) < 4.78 is 0. The van der Waals surface area contributed by atoms with E-state index in [1.54, 1.807) is 0 Å². The predicted molar refractivity (Wildman–Crippen MR) is 58.3 cm³/mol. The van der Waals surface area contributed by atoms with Crippen LogP contribution in [0.15, 0.2) is 12.2 Å². The molecular formula is C12H19NO2. The number of carbonyl (C=O) groups excluding carboxylic acids is 1. The lowest BCUT2D eigenvalue weighted by molar-refractivity contribution is -0.134. The molecule has 1 heterocycles. The molecule has 2 aliphatic rings. The van der Waals surface area contributed by atoms with Gasteiger partial charge < -0.3 is 10.0 Å². The first-order valence-corrected chi connectivity index (χ1v) is 5.88. The summed E-state index contributed by atoms with van der Waals surface area (Å²) in [6.45, 7) is 1.36. The Bertz CT molecular complexity index is 262. The van der Waals surface area contributed by atoms with Crippen molar-refractivity contribution in [3.05, 3.63) is 12.2 Å². The van der Waals surface area contributed by atoms with Gasteiger partial charge in [0, 0.05) is 19.5 Å². The number of rotatable bonds is 2. The van der Waals surface area contributed by atoms with Gasteiger partial charge in [-0.2, -0.15) is 0 Å². The zero-order chi connectivity index (χ0) is 10.7. The number of carbonyl (C=O) groups is 1. The summed E-state index contributed by atoms with van der Waals surface area (Å²) >= 11 is 0. The molecule has 0 bridgehead atoms. The van der Waals surface area contributed by atoms with Crippen molar-refractivity contribution < 1.29 is 9.90 Å². The summed E-state index contributed by atoms with van der Waals surface area (Å²) in [5.41, 5.74) is 0. The van der Waals surface area contributed by atoms with Gasteiger partial charge >= 0.3 is 0 Å². The van der Waals surface area contributed by atoms with Crippen LogP contribution in [0, 0.1) is 5.92 Å². The maximum Gasteiger partial charge on any atom is 0.223 e. The summed E-state index contributed by atoms with van der Waals surface area (Å²) in [5.74, 6) is 0.655. The first kappa shape index (κ1) is 10.7. The number of hydrogen-bond acceptors (Lipinski definition) is 2. The summed E-state index contributed by atoms with van der Waals surface area (Å²) in [4.78, 5) is 13.7. The molecule has 0 saturated carbocycles. The van der Waals surface area contributed by atoms with Crippen LogP contribution >= 0.6 is 0 Å². The second kappa shape index (κ2) is 4.79. The Morgan fingerprint density at radius 3 is 3.00 bits per heavy atom. The molecular weight excluding hydrogens is 190 g/mol. The SMILES string of the molecule is O=C(CC1C=CCC1)N1CCC[C@H](O)C1. The van der Waals surface area contributed by atoms with E-state index >= 15 is 0 Å². The Balaban J connectivity index is 1.81. The molecule has 1 amide bonds. The quantitative estimate of drug-likeness (QED) is 0.697. The largest absolute Gasteiger partial charge is 0.391 e. The van der Waals surface area contributed by atoms with Crippen LogP contribution in [0.5, 0.6) is 0 Å². The summed E-state index contributed by atoms with van der Waals surface area (Å²) in [7, 11) is 0. The normalized spacial score (nSPS) is 30.9. The van der Waals surface area contributed by atoms with Crippen molar-refractivity contribution in [3.63, 3.8) is 0 Å². The zero-order valence-corrected chi connectivity index (χ0v) is 9.06. The molecule has 0 aromatic heterocycles. The van der Waals surface area contributed by atoms with Crippen molar-refractivity contribution in [1.29, 1.82) is 0 Å². The van der Waals surface area contributed by atoms with Crippen LogP contribution in [-0.4, -0.2) is 35.1 Å². The van der Waals surface area contributed by atoms with Crippen LogP contribution in [0.25, 0.3) is 0 Å². The van der Waals surface area contributed by atoms with Gasteiger partial charge in [-0.3, -0.25) is 4.79 Å². The highest BCUT2D eigenvalue weighted by Crippen LogP contribution is 2.22. The number of hydrogen-bond donors (Lipinski definition) is 1. The molecule has 3 nitrogen and oxygen atoms in total. The first-order chi connectivity index (χ1) is 7.25. The van der Waals surface area contributed by atoms with Gasteiger partial charge in [0.1, 0.15) is 0 Å². The maximum absolute atomic E-state index is 11.9. The first-order valence-electron chi connectivity index (χ1n) is 5.88. The molecule has 2 rings (SSSR count). The summed E-state index contributed by atoms with van der Waals surface area (Å²) in [6, 6.07) is 0. The van der Waals surface area contributed by atoms with E-state index < -0.39 is 0 Å². The summed E-state index contributed by atoms with van der Waals surface area (Å²) in [6.07, 6.45) is 8.63. The van der Waals surface area contributed by atoms with Gasteiger partial charge in [-0.15, -0.1) is 0 Å². The number of allylic oxidation sites excluding steroid dienone is 2. The molecule has 15 heavy (non-hydrogen) atoms. The minimum Gasteiger partial charge on any atom is -0.391 e. The third-order valence-corrected chi connectivity index (χ3v) is 3.30. The fourth-order valence-corrected chi connectivity index (χ4v) is 2.40. The van der Waals surface area contributed by atoms with Crippen LogP contribution in [0.2, 0.25) is 0 Å². The monoisotopic (exact) mass is 209 g/mol. The van der Waals surface area contributed by atoms with E-state index in [1.807, 2.05) is 4.90 Å². The minimum atomic E-state index is -0.304. The number of aliphatic hydroxyl groups is 1. The molecule has 2 atom stereocenters. The van der Waals surface area contributed by atoms with Crippen molar-refractivity contribution in [2.45, 2.75) is 38.2 Å². The lowest BCUT2D eigenvalue weighted by atomic mass is 10.0. The van der Waals surface area contributed by atoms with Crippen LogP contribution < -0.4 is 0 Å². The minimum absolute atomic E-state index is 0.213. The van der Waals surface area contributed by atoms with Gasteiger partial charge in [0.2, 0.25) is 5.91 Å². The molecule has 84 valence electrons. The van der Waals surface area contributed by atoms with Crippen molar-refractivity contribution in [1.82, 2.24) is 4.90 Å². The fourth-order valence-electron chi connectivity index (χ4n) is 2.40. The molecule has 0 spiro atoms. The Morgan fingerprint density at radius 1 is 1.47 bits per heavy atom. The molecule has 3 heteroatoms. The highest BCUT2D eigenvalue weighted by molar-refractivity contribution is 5.76. The molecule has 1 aliphatic heterocycles. The second-order valence-corrected chi connectivity index (χ2v) is 4.61. The van der Waals surface area contributed by atoms with E-state index in [-0.39, 0.29) is 12.0 Å². The Morgan fingerprint density at radius 2 is 2.33 bits per heavy atom. The van der Waals surface area contributed by atoms with Crippen molar-refractivity contribution in [2.75, 3.05) is 13.1 Å². The highest BCUT2D eigenvalue weighted by atomic mass is 16.3. The highest BCUT2D eigenvalue weighted by Gasteiger charge is 2.24. The average Bonchev–Trinajstić information content (AvgIpc) is 2.70. The molecule has 1 aliphatic carbocycles. The van der Waals surface area contributed by atoms with Gasteiger partial charge in [-0.05, 0) is 31.6 Å². The van der Waals surface area contributed by atoms with Crippen LogP contribution in [0.4, 0.5) is 0 Å². The number of piperidine rings is 1. The standard InChI is InChI=1S/C12H19NO2/c14-11-6-3-7-13(9-11)12(15)8-10-4-1-2-5-10/h1,4,10-11,14H,2-3,5-9H2/t10?,11-/m0/s1. The van der Waals surface area contributed by atoms with E-state index in [4.69, 9.17) is 0 Å². The van der Waals surface area contributed by atoms with E-state index in [0.717, 1.165) is 32.2 Å². The van der Waals surface area contributed by atoms with E-state index in [0.29, 0.717) is 18.9 Å². The number of likely N-dealkylation sites (tertiary alicyclic amines) is 1. The molecule has 1 unspecified atom stereocenters. The lowest BCUT2D eigenvalue weighted by Gasteiger charge is -2.30. The number of aliphatic hydroxyl groups excluding tert-OH is 1. The lowest BCUT2D eigenvalue weighted by Crippen LogP contribution is -2.42. The van der Waals surface area contributed by atoms with Gasteiger partial charge in [-0.1, -0.05) is 12.2 Å². The summed E-state index contributed by atoms with van der Waals surface area (Å²) in [5, 5.41) is 9.48. The third-order valence-electron chi connectivity index (χ3n) is 3.30. The van der Waals surface area contributed by atoms with Crippen LogP contribution in [0.1, 0.15) is 32.1 Å². The number of amides is 1. The molecule has 1 saturated heterocycles. The van der Waals surface area contributed by atoms with Gasteiger partial charge in [0.05, 0.1) is 6.10 Å². The maximum atomic E-state index is 11.9. The Labute approximate surface area is 90.8 Å². The molecule has 0 aromatic carbocycles. The average molecular weight is 209 g/mol. The Hall–Kier alpha value is -0.830. The van der Waals surface area contributed by atoms with Crippen LogP contribution in [0.3, 0.4) is 0 Å². The fraction of sp³-hybridized carbons (Fsp3) is 0.750. The van der Waals surface area contributed by atoms with E-state index in [1.165, 1.54) is 0 Å². The number of β-amino-alcohol motifs (C(OH)–C–C–N with tert-alkyl or cyclic N) is 1. The second-order valence-electron chi connectivity index (χ2n) is 4.61. The Kier molecular flexibility index (Phi) is 3.41. The van der Waals surface area contributed by atoms with Gasteiger partial charge in [0.25, 0.3) is 0 Å². The molecule has 1 N–H and O–H groups in total. The van der Waals surface area contributed by atoms with Crippen molar-refractivity contribution >= 4 is 5.91 Å². The van der Waals surface area contributed by atoms with Crippen LogP contribution in [-0.2, 0) is 4.79 Å². The molecule has 0 aromatic rings. The smallest absolute Gasteiger partial charge is 0.223 e. The topological polar surface area (TPSA) is 40.5 Å². The molecule has 1 fully saturated rings. The van der Waals surface area contributed by atoms with Crippen molar-refractivity contribution in [3.8, 4) is 0 Å². The van der Waals surface area contributed by atoms with Gasteiger partial charge in [0.15, 0.2) is 0 Å². The van der Waals surface area contributed by atoms with Gasteiger partial charge in [-0.25, -0.2) is 0 Å². The predicted octanol–water partition coefficient (Wildman–Crippen LogP) is 1.33. The number of nitrogens with zero attached hydrogens (tertiary/aromatic N) is 1. The van der Waals surface area contributed by atoms with Crippen molar-refractivity contribution in [2.24, 2.45) is 5.92 Å². The third kappa shape index (κ3) is 2.81. The van der Waals surface area contributed by atoms with E-state index in [2.05, 4.69) is 12.2 Å². The molecule has 0 radical (unpaired) electrons.